The van der Waals surface area contributed by atoms with Gasteiger partial charge in [0, 0.05) is 23.4 Å². The molecule has 0 radical (unpaired) electrons. The lowest BCUT2D eigenvalue weighted by molar-refractivity contribution is 0.518. The molecule has 2 aromatic rings. The van der Waals surface area contributed by atoms with Gasteiger partial charge in [-0.05, 0) is 30.0 Å². The van der Waals surface area contributed by atoms with Crippen molar-refractivity contribution in [1.29, 1.82) is 0 Å². The molecule has 0 aliphatic rings. The molecule has 9 heteroatoms. The third-order valence-electron chi connectivity index (χ3n) is 3.95. The highest BCUT2D eigenvalue weighted by Crippen LogP contribution is 2.26. The molecule has 0 amide bonds. The van der Waals surface area contributed by atoms with Crippen molar-refractivity contribution in [3.05, 3.63) is 52.2 Å². The zero-order valence-electron chi connectivity index (χ0n) is 16.7. The van der Waals surface area contributed by atoms with Crippen LogP contribution in [0.25, 0.3) is 0 Å². The Kier molecular flexibility index (Phi) is 9.72. The molecular weight excluding hydrogens is 507 g/mol. The van der Waals surface area contributed by atoms with E-state index >= 15 is 0 Å². The van der Waals surface area contributed by atoms with Crippen LogP contribution in [0.5, 0.6) is 0 Å². The molecule has 3 N–H and O–H groups in total. The molecule has 0 fully saturated rings. The molecule has 0 saturated heterocycles. The van der Waals surface area contributed by atoms with Crippen molar-refractivity contribution in [1.82, 2.24) is 10.6 Å². The van der Waals surface area contributed by atoms with Crippen molar-refractivity contribution >= 4 is 57.0 Å². The number of nitrogens with zero attached hydrogens (tertiary/aromatic N) is 1. The maximum Gasteiger partial charge on any atom is 0.229 e. The number of sulfonamides is 1. The third-order valence-corrected chi connectivity index (χ3v) is 5.78. The van der Waals surface area contributed by atoms with Crippen LogP contribution >= 0.6 is 35.3 Å². The largest absolute Gasteiger partial charge is 0.357 e. The number of halogens is 1. The van der Waals surface area contributed by atoms with E-state index in [1.807, 2.05) is 19.1 Å². The number of thiophene rings is 1. The van der Waals surface area contributed by atoms with Crippen LogP contribution in [-0.4, -0.2) is 33.7 Å². The topological polar surface area (TPSA) is 82.6 Å². The van der Waals surface area contributed by atoms with Crippen molar-refractivity contribution in [3.8, 4) is 0 Å². The van der Waals surface area contributed by atoms with Gasteiger partial charge in [0.2, 0.25) is 10.0 Å². The number of anilines is 1. The van der Waals surface area contributed by atoms with E-state index in [2.05, 4.69) is 51.7 Å². The molecular formula is C19H29IN4O2S2. The third kappa shape index (κ3) is 7.96. The van der Waals surface area contributed by atoms with E-state index in [9.17, 15) is 8.42 Å². The van der Waals surface area contributed by atoms with E-state index in [1.54, 1.807) is 23.5 Å². The molecule has 0 aliphatic carbocycles. The minimum absolute atomic E-state index is 0. The van der Waals surface area contributed by atoms with Crippen LogP contribution in [0.4, 0.5) is 5.69 Å². The predicted octanol–water partition coefficient (Wildman–Crippen LogP) is 3.77. The minimum atomic E-state index is -3.33. The van der Waals surface area contributed by atoms with Crippen LogP contribution in [0.1, 0.15) is 31.2 Å². The maximum atomic E-state index is 11.5. The smallest absolute Gasteiger partial charge is 0.229 e. The van der Waals surface area contributed by atoms with Gasteiger partial charge in [0.1, 0.15) is 0 Å². The Balaban J connectivity index is 0.00000392. The Bertz CT molecular complexity index is 866. The zero-order valence-corrected chi connectivity index (χ0v) is 20.6. The SMILES string of the molecule is CCNC(=NCc1ccccc1NS(C)(=O)=O)NCC(C)(C)c1cccs1.I. The van der Waals surface area contributed by atoms with Gasteiger partial charge in [-0.1, -0.05) is 38.1 Å². The van der Waals surface area contributed by atoms with Crippen LogP contribution in [0, 0.1) is 0 Å². The fraction of sp³-hybridized carbons (Fsp3) is 0.421. The van der Waals surface area contributed by atoms with Gasteiger partial charge >= 0.3 is 0 Å². The summed E-state index contributed by atoms with van der Waals surface area (Å²) in [5.74, 6) is 0.705. The van der Waals surface area contributed by atoms with Gasteiger partial charge in [-0.15, -0.1) is 35.3 Å². The molecule has 1 aromatic carbocycles. The minimum Gasteiger partial charge on any atom is -0.357 e. The fourth-order valence-electron chi connectivity index (χ4n) is 2.52. The van der Waals surface area contributed by atoms with Gasteiger partial charge in [0.15, 0.2) is 5.96 Å². The summed E-state index contributed by atoms with van der Waals surface area (Å²) in [6.45, 7) is 8.26. The first-order valence-corrected chi connectivity index (χ1v) is 11.6. The Morgan fingerprint density at radius 3 is 2.46 bits per heavy atom. The van der Waals surface area contributed by atoms with Crippen molar-refractivity contribution < 1.29 is 8.42 Å². The number of nitrogens with one attached hydrogen (secondary N) is 3. The van der Waals surface area contributed by atoms with Crippen LogP contribution in [0.3, 0.4) is 0 Å². The summed E-state index contributed by atoms with van der Waals surface area (Å²) in [5.41, 5.74) is 1.36. The summed E-state index contributed by atoms with van der Waals surface area (Å²) < 4.78 is 25.6. The molecule has 0 atom stereocenters. The second-order valence-corrected chi connectivity index (χ2v) is 9.64. The fourth-order valence-corrected chi connectivity index (χ4v) is 3.97. The van der Waals surface area contributed by atoms with Gasteiger partial charge in [0.05, 0.1) is 18.5 Å². The Morgan fingerprint density at radius 1 is 1.14 bits per heavy atom. The Morgan fingerprint density at radius 2 is 1.86 bits per heavy atom. The second kappa shape index (κ2) is 11.0. The van der Waals surface area contributed by atoms with Crippen LogP contribution < -0.4 is 15.4 Å². The van der Waals surface area contributed by atoms with Crippen molar-refractivity contribution in [2.24, 2.45) is 4.99 Å². The average molecular weight is 537 g/mol. The monoisotopic (exact) mass is 536 g/mol. The van der Waals surface area contributed by atoms with Gasteiger partial charge < -0.3 is 10.6 Å². The number of hydrogen-bond acceptors (Lipinski definition) is 4. The van der Waals surface area contributed by atoms with Crippen LogP contribution in [-0.2, 0) is 22.0 Å². The van der Waals surface area contributed by atoms with E-state index in [4.69, 9.17) is 0 Å². The first-order valence-electron chi connectivity index (χ1n) is 8.83. The van der Waals surface area contributed by atoms with Crippen molar-refractivity contribution in [3.63, 3.8) is 0 Å². The summed E-state index contributed by atoms with van der Waals surface area (Å²) in [7, 11) is -3.33. The number of para-hydroxylation sites is 1. The number of hydrogen-bond donors (Lipinski definition) is 3. The molecule has 2 rings (SSSR count). The predicted molar refractivity (Wildman–Crippen MR) is 130 cm³/mol. The molecule has 0 unspecified atom stereocenters. The molecule has 6 nitrogen and oxygen atoms in total. The van der Waals surface area contributed by atoms with Gasteiger partial charge in [0.25, 0.3) is 0 Å². The van der Waals surface area contributed by atoms with Gasteiger partial charge in [-0.3, -0.25) is 4.72 Å². The summed E-state index contributed by atoms with van der Waals surface area (Å²) in [6.07, 6.45) is 1.14. The lowest BCUT2D eigenvalue weighted by atomic mass is 9.91. The summed E-state index contributed by atoms with van der Waals surface area (Å²) in [4.78, 5) is 5.94. The normalized spacial score (nSPS) is 12.2. The van der Waals surface area contributed by atoms with E-state index in [1.165, 1.54) is 4.88 Å². The highest BCUT2D eigenvalue weighted by atomic mass is 127. The Labute approximate surface area is 189 Å². The molecule has 156 valence electrons. The Hall–Kier alpha value is -1.33. The van der Waals surface area contributed by atoms with Gasteiger partial charge in [-0.2, -0.15) is 0 Å². The molecule has 0 saturated carbocycles. The van der Waals surface area contributed by atoms with Gasteiger partial charge in [-0.25, -0.2) is 13.4 Å². The average Bonchev–Trinajstić information content (AvgIpc) is 3.13. The standard InChI is InChI=1S/C19H28N4O2S2.HI/c1-5-20-18(22-14-19(2,3)17-11-8-12-26-17)21-13-15-9-6-7-10-16(15)23-27(4,24)25;/h6-12,23H,5,13-14H2,1-4H3,(H2,20,21,22);1H. The number of guanidine groups is 1. The lowest BCUT2D eigenvalue weighted by Gasteiger charge is -2.25. The molecule has 28 heavy (non-hydrogen) atoms. The molecule has 1 heterocycles. The maximum absolute atomic E-state index is 11.5. The van der Waals surface area contributed by atoms with E-state index < -0.39 is 10.0 Å². The highest BCUT2D eigenvalue weighted by Gasteiger charge is 2.21. The first-order chi connectivity index (χ1) is 12.7. The summed E-state index contributed by atoms with van der Waals surface area (Å²) >= 11 is 1.75. The highest BCUT2D eigenvalue weighted by molar-refractivity contribution is 14.0. The molecule has 0 bridgehead atoms. The number of aliphatic imine (C=N–C) groups is 1. The lowest BCUT2D eigenvalue weighted by Crippen LogP contribution is -2.43. The summed E-state index contributed by atoms with van der Waals surface area (Å²) in [5, 5.41) is 8.72. The quantitative estimate of drug-likeness (QED) is 0.273. The summed E-state index contributed by atoms with van der Waals surface area (Å²) in [6, 6.07) is 11.5. The van der Waals surface area contributed by atoms with Crippen molar-refractivity contribution in [2.75, 3.05) is 24.1 Å². The first kappa shape index (κ1) is 24.7. The van der Waals surface area contributed by atoms with Crippen LogP contribution in [0.2, 0.25) is 0 Å². The van der Waals surface area contributed by atoms with E-state index in [-0.39, 0.29) is 29.4 Å². The second-order valence-electron chi connectivity index (χ2n) is 6.94. The molecule has 0 aliphatic heterocycles. The van der Waals surface area contributed by atoms with Crippen molar-refractivity contribution in [2.45, 2.75) is 32.7 Å². The van der Waals surface area contributed by atoms with E-state index in [0.717, 1.165) is 24.9 Å². The van der Waals surface area contributed by atoms with Crippen LogP contribution in [0.15, 0.2) is 46.8 Å². The van der Waals surface area contributed by atoms with E-state index in [0.29, 0.717) is 18.2 Å². The number of benzene rings is 1. The number of rotatable bonds is 8. The zero-order chi connectivity index (χ0) is 19.9. The molecule has 0 spiro atoms. The molecule has 1 aromatic heterocycles.